The summed E-state index contributed by atoms with van der Waals surface area (Å²) in [4.78, 5) is 0. The van der Waals surface area contributed by atoms with Crippen LogP contribution in [-0.2, 0) is 0 Å². The average molecular weight is 115 g/mol. The summed E-state index contributed by atoms with van der Waals surface area (Å²) in [5, 5.41) is 0. The first kappa shape index (κ1) is 10.9. The highest BCUT2D eigenvalue weighted by atomic mass is 14.3. The fraction of sp³-hybridized carbons (Fsp3) is 1.00. The fourth-order valence-electron chi connectivity index (χ4n) is 0. The Bertz CT molecular complexity index is 29.5. The van der Waals surface area contributed by atoms with E-state index in [2.05, 4.69) is 33.3 Å². The van der Waals surface area contributed by atoms with Gasteiger partial charge in [0.05, 0.1) is 0 Å². The van der Waals surface area contributed by atoms with Crippen LogP contribution in [-0.4, -0.2) is 7.98 Å². The van der Waals surface area contributed by atoms with E-state index in [-0.39, 0.29) is 0 Å². The molecule has 0 unspecified atom stereocenters. The minimum Gasteiger partial charge on any atom is -0.376 e. The van der Waals surface area contributed by atoms with Crippen molar-refractivity contribution in [1.29, 1.82) is 0 Å². The Hall–Kier alpha value is 0.0249. The molecule has 50 valence electrons. The van der Waals surface area contributed by atoms with Crippen LogP contribution in [0.15, 0.2) is 0 Å². The molecule has 0 rings (SSSR count). The molecule has 0 aromatic carbocycles. The highest BCUT2D eigenvalue weighted by Crippen LogP contribution is 2.05. The van der Waals surface area contributed by atoms with Gasteiger partial charge in [0.15, 0.2) is 7.98 Å². The molecule has 0 bridgehead atoms. The van der Waals surface area contributed by atoms with Gasteiger partial charge in [0.1, 0.15) is 0 Å². The molecule has 0 fully saturated rings. The minimum absolute atomic E-state index is 0.852. The van der Waals surface area contributed by atoms with Crippen molar-refractivity contribution < 1.29 is 0 Å². The van der Waals surface area contributed by atoms with Crippen molar-refractivity contribution in [1.82, 2.24) is 0 Å². The summed E-state index contributed by atoms with van der Waals surface area (Å²) in [5.74, 6) is 1.70. The highest BCUT2D eigenvalue weighted by molar-refractivity contribution is 6.02. The Balaban J connectivity index is 0. The summed E-state index contributed by atoms with van der Waals surface area (Å²) >= 11 is 0. The second kappa shape index (κ2) is 7.02. The number of hydrogen-bond donors (Lipinski definition) is 1. The van der Waals surface area contributed by atoms with Crippen molar-refractivity contribution in [3.8, 4) is 0 Å². The molecule has 2 N–H and O–H groups in total. The second-order valence-electron chi connectivity index (χ2n) is 2.49. The molecule has 0 amide bonds. The molecule has 0 heterocycles. The number of nitrogens with two attached hydrogens (primary N) is 1. The van der Waals surface area contributed by atoms with Gasteiger partial charge in [-0.1, -0.05) is 27.7 Å². The molecule has 0 aliphatic rings. The van der Waals surface area contributed by atoms with Gasteiger partial charge in [-0.3, -0.25) is 0 Å². The quantitative estimate of drug-likeness (QED) is 0.502. The smallest absolute Gasteiger partial charge is 0.178 e. The average Bonchev–Trinajstić information content (AvgIpc) is 1.72. The lowest BCUT2D eigenvalue weighted by Gasteiger charge is -2.05. The molecular formula is C6H18BN. The maximum absolute atomic E-state index is 4.50. The Morgan fingerprint density at radius 1 is 0.875 bits per heavy atom. The van der Waals surface area contributed by atoms with Crippen LogP contribution in [0.3, 0.4) is 0 Å². The van der Waals surface area contributed by atoms with Crippen LogP contribution in [0.4, 0.5) is 0 Å². The number of rotatable bonds is 1. The lowest BCUT2D eigenvalue weighted by molar-refractivity contribution is 0.457. The van der Waals surface area contributed by atoms with Gasteiger partial charge in [0.2, 0.25) is 0 Å². The van der Waals surface area contributed by atoms with E-state index in [0.29, 0.717) is 0 Å². The third kappa shape index (κ3) is 9.39. The molecule has 0 saturated heterocycles. The van der Waals surface area contributed by atoms with E-state index in [0.717, 1.165) is 11.8 Å². The van der Waals surface area contributed by atoms with E-state index < -0.39 is 0 Å². The van der Waals surface area contributed by atoms with Crippen LogP contribution in [0.1, 0.15) is 27.7 Å². The standard InChI is InChI=1S/C6H14.BH4N/c1-5(2)6(3)4;1-2/h5-6H,1-4H3;1-2H2. The molecular weight excluding hydrogens is 96.9 g/mol. The van der Waals surface area contributed by atoms with Crippen molar-refractivity contribution in [2.24, 2.45) is 17.5 Å². The molecule has 0 aromatic heterocycles. The van der Waals surface area contributed by atoms with Crippen LogP contribution in [0.5, 0.6) is 0 Å². The fourth-order valence-corrected chi connectivity index (χ4v) is 0. The van der Waals surface area contributed by atoms with Gasteiger partial charge in [0, 0.05) is 0 Å². The van der Waals surface area contributed by atoms with Crippen LogP contribution in [0.25, 0.3) is 0 Å². The van der Waals surface area contributed by atoms with Crippen LogP contribution in [0, 0.1) is 11.8 Å². The molecule has 0 aliphatic heterocycles. The van der Waals surface area contributed by atoms with Gasteiger partial charge in [-0.2, -0.15) is 0 Å². The molecule has 0 atom stereocenters. The maximum atomic E-state index is 4.50. The summed E-state index contributed by atoms with van der Waals surface area (Å²) in [7, 11) is 1.50. The summed E-state index contributed by atoms with van der Waals surface area (Å²) in [6.07, 6.45) is 0. The highest BCUT2D eigenvalue weighted by Gasteiger charge is 1.95. The lowest BCUT2D eigenvalue weighted by atomic mass is 10.0. The summed E-state index contributed by atoms with van der Waals surface area (Å²) in [6.45, 7) is 8.96. The minimum atomic E-state index is 0.852. The molecule has 0 saturated carbocycles. The predicted molar refractivity (Wildman–Crippen MR) is 42.4 cm³/mol. The van der Waals surface area contributed by atoms with Crippen molar-refractivity contribution in [2.75, 3.05) is 0 Å². The van der Waals surface area contributed by atoms with Crippen molar-refractivity contribution >= 4 is 7.98 Å². The maximum Gasteiger partial charge on any atom is 0.178 e. The van der Waals surface area contributed by atoms with E-state index in [1.54, 1.807) is 0 Å². The van der Waals surface area contributed by atoms with Gasteiger partial charge in [-0.05, 0) is 11.8 Å². The zero-order chi connectivity index (χ0) is 7.15. The van der Waals surface area contributed by atoms with Crippen LogP contribution >= 0.6 is 0 Å². The largest absolute Gasteiger partial charge is 0.376 e. The Kier molecular flexibility index (Phi) is 9.58. The Morgan fingerprint density at radius 3 is 1.00 bits per heavy atom. The van der Waals surface area contributed by atoms with Gasteiger partial charge < -0.3 is 5.64 Å². The van der Waals surface area contributed by atoms with Crippen molar-refractivity contribution in [3.05, 3.63) is 0 Å². The van der Waals surface area contributed by atoms with E-state index in [4.69, 9.17) is 0 Å². The first-order chi connectivity index (χ1) is 3.64. The third-order valence-electron chi connectivity index (χ3n) is 1.33. The molecule has 0 spiro atoms. The topological polar surface area (TPSA) is 26.0 Å². The van der Waals surface area contributed by atoms with Gasteiger partial charge in [-0.15, -0.1) is 0 Å². The van der Waals surface area contributed by atoms with Gasteiger partial charge in [0.25, 0.3) is 0 Å². The SMILES string of the molecule is BN.CC(C)C(C)C. The zero-order valence-corrected chi connectivity index (χ0v) is 6.73. The Morgan fingerprint density at radius 2 is 1.00 bits per heavy atom. The van der Waals surface area contributed by atoms with Crippen molar-refractivity contribution in [3.63, 3.8) is 0 Å². The van der Waals surface area contributed by atoms with E-state index >= 15 is 0 Å². The summed E-state index contributed by atoms with van der Waals surface area (Å²) < 4.78 is 0. The molecule has 0 radical (unpaired) electrons. The van der Waals surface area contributed by atoms with E-state index in [1.165, 1.54) is 7.98 Å². The normalized spacial score (nSPS) is 8.88. The Labute approximate surface area is 54.1 Å². The molecule has 2 heteroatoms. The molecule has 0 aromatic rings. The van der Waals surface area contributed by atoms with E-state index in [1.807, 2.05) is 0 Å². The molecule has 1 nitrogen and oxygen atoms in total. The van der Waals surface area contributed by atoms with Crippen LogP contribution in [0.2, 0.25) is 0 Å². The summed E-state index contributed by atoms with van der Waals surface area (Å²) in [5.41, 5.74) is 4.50. The third-order valence-corrected chi connectivity index (χ3v) is 1.33. The first-order valence-electron chi connectivity index (χ1n) is 3.22. The number of hydrogen-bond acceptors (Lipinski definition) is 1. The zero-order valence-electron chi connectivity index (χ0n) is 6.73. The predicted octanol–water partition coefficient (Wildman–Crippen LogP) is 0.792. The van der Waals surface area contributed by atoms with Crippen molar-refractivity contribution in [2.45, 2.75) is 27.7 Å². The monoisotopic (exact) mass is 115 g/mol. The molecule has 0 aliphatic carbocycles. The second-order valence-corrected chi connectivity index (χ2v) is 2.49. The van der Waals surface area contributed by atoms with Crippen LogP contribution < -0.4 is 5.64 Å². The first-order valence-corrected chi connectivity index (χ1v) is 3.22. The van der Waals surface area contributed by atoms with E-state index in [9.17, 15) is 0 Å². The van der Waals surface area contributed by atoms with Gasteiger partial charge in [-0.25, -0.2) is 0 Å². The lowest BCUT2D eigenvalue weighted by Crippen LogP contribution is -1.95. The molecule has 8 heavy (non-hydrogen) atoms. The summed E-state index contributed by atoms with van der Waals surface area (Å²) in [6, 6.07) is 0. The van der Waals surface area contributed by atoms with Gasteiger partial charge >= 0.3 is 0 Å².